The van der Waals surface area contributed by atoms with Gasteiger partial charge in [-0.15, -0.1) is 0 Å². The number of hydrogen-bond acceptors (Lipinski definition) is 7. The second kappa shape index (κ2) is 7.20. The van der Waals surface area contributed by atoms with Gasteiger partial charge in [-0.3, -0.25) is 4.98 Å². The summed E-state index contributed by atoms with van der Waals surface area (Å²) in [5.41, 5.74) is 1.74. The summed E-state index contributed by atoms with van der Waals surface area (Å²) in [6.07, 6.45) is 6.50. The molecule has 0 aliphatic rings. The zero-order valence-corrected chi connectivity index (χ0v) is 14.9. The first-order valence-electron chi connectivity index (χ1n) is 8.35. The van der Waals surface area contributed by atoms with Crippen molar-refractivity contribution < 1.29 is 4.74 Å². The van der Waals surface area contributed by atoms with E-state index in [1.807, 2.05) is 38.1 Å². The highest BCUT2D eigenvalue weighted by Crippen LogP contribution is 2.26. The minimum Gasteiger partial charge on any atom is -0.439 e. The van der Waals surface area contributed by atoms with E-state index in [2.05, 4.69) is 30.4 Å². The van der Waals surface area contributed by atoms with E-state index in [1.165, 1.54) is 0 Å². The van der Waals surface area contributed by atoms with E-state index in [9.17, 15) is 0 Å². The summed E-state index contributed by atoms with van der Waals surface area (Å²) in [6.45, 7) is 3.85. The van der Waals surface area contributed by atoms with Crippen molar-refractivity contribution in [1.82, 2.24) is 29.7 Å². The van der Waals surface area contributed by atoms with Gasteiger partial charge in [-0.25, -0.2) is 15.0 Å². The van der Waals surface area contributed by atoms with Gasteiger partial charge in [0, 0.05) is 36.4 Å². The van der Waals surface area contributed by atoms with Crippen LogP contribution >= 0.6 is 0 Å². The molecule has 0 fully saturated rings. The van der Waals surface area contributed by atoms with Crippen molar-refractivity contribution >= 4 is 11.6 Å². The van der Waals surface area contributed by atoms with E-state index in [1.54, 1.807) is 41.6 Å². The van der Waals surface area contributed by atoms with Crippen LogP contribution in [0.4, 0.5) is 11.6 Å². The molecule has 0 aromatic carbocycles. The Morgan fingerprint density at radius 1 is 0.926 bits per heavy atom. The fourth-order valence-electron chi connectivity index (χ4n) is 2.52. The van der Waals surface area contributed by atoms with Crippen LogP contribution in [0, 0.1) is 13.8 Å². The summed E-state index contributed by atoms with van der Waals surface area (Å²) >= 11 is 0. The van der Waals surface area contributed by atoms with E-state index in [0.29, 0.717) is 29.1 Å². The molecular formula is C19H17N7O. The highest BCUT2D eigenvalue weighted by molar-refractivity contribution is 5.52. The van der Waals surface area contributed by atoms with Crippen molar-refractivity contribution in [1.29, 1.82) is 0 Å². The van der Waals surface area contributed by atoms with Crippen molar-refractivity contribution in [2.75, 3.05) is 5.32 Å². The van der Waals surface area contributed by atoms with Crippen molar-refractivity contribution in [3.63, 3.8) is 0 Å². The molecule has 0 unspecified atom stereocenters. The molecule has 0 aliphatic carbocycles. The molecule has 0 radical (unpaired) electrons. The number of anilines is 2. The molecule has 8 nitrogen and oxygen atoms in total. The van der Waals surface area contributed by atoms with E-state index in [0.717, 1.165) is 11.4 Å². The first kappa shape index (κ1) is 16.6. The Labute approximate surface area is 155 Å². The quantitative estimate of drug-likeness (QED) is 0.582. The Balaban J connectivity index is 1.61. The number of aromatic nitrogens is 6. The maximum absolute atomic E-state index is 6.05. The van der Waals surface area contributed by atoms with Crippen molar-refractivity contribution in [2.45, 2.75) is 13.8 Å². The lowest BCUT2D eigenvalue weighted by Gasteiger charge is -2.10. The Morgan fingerprint density at radius 2 is 1.81 bits per heavy atom. The van der Waals surface area contributed by atoms with Crippen LogP contribution in [0.1, 0.15) is 11.4 Å². The maximum atomic E-state index is 6.05. The van der Waals surface area contributed by atoms with Gasteiger partial charge in [-0.05, 0) is 32.0 Å². The number of ether oxygens (including phenoxy) is 1. The average Bonchev–Trinajstić information content (AvgIpc) is 3.03. The largest absolute Gasteiger partial charge is 0.439 e. The van der Waals surface area contributed by atoms with Gasteiger partial charge < -0.3 is 10.1 Å². The number of aryl methyl sites for hydroxylation is 2. The summed E-state index contributed by atoms with van der Waals surface area (Å²) in [5, 5.41) is 7.58. The molecular weight excluding hydrogens is 342 g/mol. The molecule has 4 rings (SSSR count). The van der Waals surface area contributed by atoms with Gasteiger partial charge in [0.25, 0.3) is 0 Å². The number of nitrogens with one attached hydrogen (secondary N) is 1. The van der Waals surface area contributed by atoms with Gasteiger partial charge in [0.15, 0.2) is 5.82 Å². The van der Waals surface area contributed by atoms with Crippen LogP contribution in [0.3, 0.4) is 0 Å². The molecule has 0 aliphatic heterocycles. The van der Waals surface area contributed by atoms with Gasteiger partial charge >= 0.3 is 0 Å². The van der Waals surface area contributed by atoms with Gasteiger partial charge in [0.05, 0.1) is 11.9 Å². The lowest BCUT2D eigenvalue weighted by Crippen LogP contribution is -2.03. The average molecular weight is 359 g/mol. The van der Waals surface area contributed by atoms with Crippen LogP contribution in [-0.4, -0.2) is 29.7 Å². The molecule has 0 bridgehead atoms. The second-order valence-electron chi connectivity index (χ2n) is 5.87. The number of hydrogen-bond donors (Lipinski definition) is 1. The van der Waals surface area contributed by atoms with Crippen molar-refractivity contribution in [3.8, 4) is 17.4 Å². The van der Waals surface area contributed by atoms with Crippen LogP contribution in [-0.2, 0) is 0 Å². The minimum atomic E-state index is 0.572. The molecule has 0 spiro atoms. The first-order valence-corrected chi connectivity index (χ1v) is 8.35. The highest BCUT2D eigenvalue weighted by atomic mass is 16.5. The molecule has 4 aromatic heterocycles. The second-order valence-corrected chi connectivity index (χ2v) is 5.87. The Hall–Kier alpha value is -3.81. The number of rotatable bonds is 5. The van der Waals surface area contributed by atoms with Gasteiger partial charge in [-0.2, -0.15) is 9.78 Å². The van der Waals surface area contributed by atoms with E-state index in [4.69, 9.17) is 4.74 Å². The third-order valence-electron chi connectivity index (χ3n) is 3.66. The number of nitrogens with zero attached hydrogens (tertiary/aromatic N) is 6. The monoisotopic (exact) mass is 359 g/mol. The van der Waals surface area contributed by atoms with Gasteiger partial charge in [0.1, 0.15) is 17.4 Å². The first-order chi connectivity index (χ1) is 13.2. The molecule has 27 heavy (non-hydrogen) atoms. The number of pyridine rings is 2. The summed E-state index contributed by atoms with van der Waals surface area (Å²) < 4.78 is 7.73. The Kier molecular flexibility index (Phi) is 4.44. The van der Waals surface area contributed by atoms with Crippen molar-refractivity contribution in [2.24, 2.45) is 0 Å². The molecule has 1 N–H and O–H groups in total. The molecule has 0 atom stereocenters. The Morgan fingerprint density at radius 3 is 2.63 bits per heavy atom. The smallest absolute Gasteiger partial charge is 0.224 e. The van der Waals surface area contributed by atoms with Gasteiger partial charge in [-0.1, -0.05) is 6.07 Å². The van der Waals surface area contributed by atoms with Crippen molar-refractivity contribution in [3.05, 3.63) is 72.6 Å². The Bertz CT molecular complexity index is 1060. The molecule has 4 aromatic rings. The predicted octanol–water partition coefficient (Wildman–Crippen LogP) is 3.61. The fourth-order valence-corrected chi connectivity index (χ4v) is 2.52. The normalized spacial score (nSPS) is 10.6. The molecule has 134 valence electrons. The summed E-state index contributed by atoms with van der Waals surface area (Å²) in [7, 11) is 0. The lowest BCUT2D eigenvalue weighted by atomic mass is 10.4. The summed E-state index contributed by atoms with van der Waals surface area (Å²) in [6, 6.07) is 11.2. The maximum Gasteiger partial charge on any atom is 0.224 e. The molecule has 8 heteroatoms. The topological polar surface area (TPSA) is 90.6 Å². The van der Waals surface area contributed by atoms with E-state index >= 15 is 0 Å². The van der Waals surface area contributed by atoms with Gasteiger partial charge in [0.2, 0.25) is 5.88 Å². The van der Waals surface area contributed by atoms with Crippen LogP contribution < -0.4 is 10.1 Å². The summed E-state index contributed by atoms with van der Waals surface area (Å²) in [5.74, 6) is 3.09. The third-order valence-corrected chi connectivity index (χ3v) is 3.66. The SMILES string of the molecule is Cc1cccc(-n2nc(C)cc2Oc2ccnc(Nc3cnccn3)c2)n1. The molecule has 0 amide bonds. The molecule has 0 saturated carbocycles. The predicted molar refractivity (Wildman–Crippen MR) is 100 cm³/mol. The molecule has 0 saturated heterocycles. The third kappa shape index (κ3) is 3.90. The highest BCUT2D eigenvalue weighted by Gasteiger charge is 2.12. The molecule has 4 heterocycles. The fraction of sp³-hybridized carbons (Fsp3) is 0.105. The zero-order valence-electron chi connectivity index (χ0n) is 14.9. The lowest BCUT2D eigenvalue weighted by molar-refractivity contribution is 0.442. The van der Waals surface area contributed by atoms with Crippen LogP contribution in [0.25, 0.3) is 5.82 Å². The van der Waals surface area contributed by atoms with Crippen LogP contribution in [0.15, 0.2) is 61.2 Å². The van der Waals surface area contributed by atoms with E-state index in [-0.39, 0.29) is 0 Å². The van der Waals surface area contributed by atoms with E-state index < -0.39 is 0 Å². The zero-order chi connectivity index (χ0) is 18.6. The minimum absolute atomic E-state index is 0.572. The van der Waals surface area contributed by atoms with Crippen LogP contribution in [0.2, 0.25) is 0 Å². The summed E-state index contributed by atoms with van der Waals surface area (Å²) in [4.78, 5) is 17.0. The standard InChI is InChI=1S/C19H17N7O/c1-13-4-3-5-18(23-13)26-19(10-14(2)25-26)27-15-6-7-21-16(11-15)24-17-12-20-8-9-22-17/h3-12H,1-2H3,(H,21,22,24). The van der Waals surface area contributed by atoms with Crippen LogP contribution in [0.5, 0.6) is 11.6 Å².